The van der Waals surface area contributed by atoms with Gasteiger partial charge in [0, 0.05) is 13.1 Å². The molecule has 0 amide bonds. The van der Waals surface area contributed by atoms with E-state index in [-0.39, 0.29) is 26.1 Å². The van der Waals surface area contributed by atoms with Gasteiger partial charge in [-0.3, -0.25) is 9.59 Å². The van der Waals surface area contributed by atoms with Gasteiger partial charge >= 0.3 is 11.9 Å². The zero-order valence-electron chi connectivity index (χ0n) is 22.2. The molecule has 0 aliphatic rings. The fraction of sp³-hybridized carbons (Fsp3) is 0.913. The Hall–Kier alpha value is -1.46. The summed E-state index contributed by atoms with van der Waals surface area (Å²) in [4.78, 5) is 20.3. The van der Waals surface area contributed by atoms with E-state index in [9.17, 15) is 9.59 Å². The maximum Gasteiger partial charge on any atom is 0.305 e. The Bertz CT molecular complexity index is 475. The highest BCUT2D eigenvalue weighted by Crippen LogP contribution is 1.86. The van der Waals surface area contributed by atoms with Crippen molar-refractivity contribution in [3.63, 3.8) is 0 Å². The number of rotatable bonds is 29. The van der Waals surface area contributed by atoms with Crippen molar-refractivity contribution >= 4 is 11.9 Å². The molecule has 0 aromatic rings. The van der Waals surface area contributed by atoms with Crippen LogP contribution in [0.15, 0.2) is 0 Å². The molecule has 0 spiro atoms. The molecule has 0 rings (SSSR count). The molecule has 0 heterocycles. The highest BCUT2D eigenvalue weighted by molar-refractivity contribution is 5.67. The van der Waals surface area contributed by atoms with Gasteiger partial charge in [0.15, 0.2) is 0 Å². The van der Waals surface area contributed by atoms with Gasteiger partial charge in [0.1, 0.15) is 0 Å². The third-order valence-corrected chi connectivity index (χ3v) is 3.91. The molecule has 0 radical (unpaired) electrons. The van der Waals surface area contributed by atoms with Crippen LogP contribution in [0.5, 0.6) is 0 Å². The molecule has 0 unspecified atom stereocenters. The van der Waals surface area contributed by atoms with Crippen LogP contribution < -0.4 is 11.1 Å². The van der Waals surface area contributed by atoms with Gasteiger partial charge in [-0.15, -0.1) is 0 Å². The fourth-order valence-corrected chi connectivity index (χ4v) is 2.10. The average Bonchev–Trinajstić information content (AvgIpc) is 2.87. The molecule has 0 saturated heterocycles. The Morgan fingerprint density at radius 2 is 0.784 bits per heavy atom. The highest BCUT2D eigenvalue weighted by Gasteiger charge is 1.97. The molecule has 0 aromatic carbocycles. The number of nitrogens with one attached hydrogen (secondary N) is 1. The normalized spacial score (nSPS) is 10.8. The largest absolute Gasteiger partial charge is 0.481 e. The molecular weight excluding hydrogens is 496 g/mol. The predicted molar refractivity (Wildman–Crippen MR) is 134 cm³/mol. The van der Waals surface area contributed by atoms with Crippen LogP contribution in [0, 0.1) is 0 Å². The SMILES string of the molecule is CNCCOCCOCCOCCOCCC(=O)O.NCCOCCOCCOCCOCCC(=O)O. The second kappa shape index (κ2) is 34.5. The van der Waals surface area contributed by atoms with E-state index < -0.39 is 11.9 Å². The van der Waals surface area contributed by atoms with E-state index in [2.05, 4.69) is 5.32 Å². The van der Waals surface area contributed by atoms with Crippen molar-refractivity contribution < 1.29 is 57.7 Å². The highest BCUT2D eigenvalue weighted by atomic mass is 16.6. The number of carbonyl (C=O) groups is 2. The lowest BCUT2D eigenvalue weighted by Gasteiger charge is -2.07. The van der Waals surface area contributed by atoms with Gasteiger partial charge in [0.2, 0.25) is 0 Å². The predicted octanol–water partition coefficient (Wildman–Crippen LogP) is -0.767. The van der Waals surface area contributed by atoms with Crippen LogP contribution in [0.3, 0.4) is 0 Å². The summed E-state index contributed by atoms with van der Waals surface area (Å²) in [5.74, 6) is -1.72. The molecule has 14 heteroatoms. The van der Waals surface area contributed by atoms with Crippen molar-refractivity contribution in [2.45, 2.75) is 12.8 Å². The Morgan fingerprint density at radius 3 is 1.05 bits per heavy atom. The first-order chi connectivity index (χ1) is 18.0. The van der Waals surface area contributed by atoms with Crippen molar-refractivity contribution in [1.82, 2.24) is 5.32 Å². The number of carboxylic acid groups (broad SMARTS) is 2. The molecule has 5 N–H and O–H groups in total. The van der Waals surface area contributed by atoms with Crippen molar-refractivity contribution in [2.24, 2.45) is 5.73 Å². The maximum atomic E-state index is 10.2. The lowest BCUT2D eigenvalue weighted by atomic mass is 10.5. The van der Waals surface area contributed by atoms with Gasteiger partial charge in [-0.1, -0.05) is 0 Å². The Kier molecular flexibility index (Phi) is 35.2. The number of likely N-dealkylation sites (N-methyl/N-ethyl adjacent to an activating group) is 1. The molecule has 0 bridgehead atoms. The number of nitrogens with two attached hydrogens (primary N) is 1. The average molecular weight is 545 g/mol. The first-order valence-corrected chi connectivity index (χ1v) is 12.4. The van der Waals surface area contributed by atoms with Crippen LogP contribution in [-0.4, -0.2) is 148 Å². The molecule has 14 nitrogen and oxygen atoms in total. The molecule has 0 saturated carbocycles. The molecular formula is C23H48N2O12. The quantitative estimate of drug-likeness (QED) is 0.0860. The number of ether oxygens (including phenoxy) is 8. The smallest absolute Gasteiger partial charge is 0.305 e. The van der Waals surface area contributed by atoms with Crippen molar-refractivity contribution in [3.05, 3.63) is 0 Å². The molecule has 0 aliphatic heterocycles. The van der Waals surface area contributed by atoms with Gasteiger partial charge in [-0.2, -0.15) is 0 Å². The molecule has 222 valence electrons. The molecule has 0 fully saturated rings. The standard InChI is InChI=1S/C12H25NO6.C11H23NO6/c1-13-3-5-17-7-9-19-11-10-18-8-6-16-4-2-12(14)15;12-2-4-16-6-8-18-10-9-17-7-5-15-3-1-11(13)14/h13H,2-11H2,1H3,(H,14,15);1-10,12H2,(H,13,14). The lowest BCUT2D eigenvalue weighted by molar-refractivity contribution is -0.139. The van der Waals surface area contributed by atoms with E-state index in [1.165, 1.54) is 0 Å². The number of carboxylic acids is 2. The summed E-state index contributed by atoms with van der Waals surface area (Å²) in [5, 5.41) is 19.7. The summed E-state index contributed by atoms with van der Waals surface area (Å²) in [6, 6.07) is 0. The van der Waals surface area contributed by atoms with E-state index in [1.54, 1.807) is 0 Å². The maximum absolute atomic E-state index is 10.2. The van der Waals surface area contributed by atoms with Crippen LogP contribution >= 0.6 is 0 Å². The van der Waals surface area contributed by atoms with Crippen LogP contribution in [-0.2, 0) is 47.5 Å². The second-order valence-electron chi connectivity index (χ2n) is 7.08. The zero-order chi connectivity index (χ0) is 27.7. The number of hydrogen-bond donors (Lipinski definition) is 4. The molecule has 0 aliphatic carbocycles. The van der Waals surface area contributed by atoms with Crippen molar-refractivity contribution in [2.75, 3.05) is 126 Å². The summed E-state index contributed by atoms with van der Waals surface area (Å²) < 4.78 is 41.4. The summed E-state index contributed by atoms with van der Waals surface area (Å²) in [6.07, 6.45) is 0.0442. The Morgan fingerprint density at radius 1 is 0.514 bits per heavy atom. The summed E-state index contributed by atoms with van der Waals surface area (Å²) in [6.45, 7) is 8.92. The van der Waals surface area contributed by atoms with Gasteiger partial charge in [-0.05, 0) is 7.05 Å². The first kappa shape index (κ1) is 37.7. The minimum absolute atomic E-state index is 0.0198. The summed E-state index contributed by atoms with van der Waals surface area (Å²) in [7, 11) is 1.88. The summed E-state index contributed by atoms with van der Waals surface area (Å²) in [5.41, 5.74) is 5.25. The van der Waals surface area contributed by atoms with E-state index in [1.807, 2.05) is 7.05 Å². The van der Waals surface area contributed by atoms with Crippen LogP contribution in [0.25, 0.3) is 0 Å². The number of hydrogen-bond acceptors (Lipinski definition) is 12. The molecule has 0 aromatic heterocycles. The third-order valence-electron chi connectivity index (χ3n) is 3.91. The van der Waals surface area contributed by atoms with Crippen molar-refractivity contribution in [3.8, 4) is 0 Å². The number of aliphatic carboxylic acids is 2. The Balaban J connectivity index is 0. The minimum atomic E-state index is -0.860. The van der Waals surface area contributed by atoms with E-state index in [0.29, 0.717) is 99.0 Å². The first-order valence-electron chi connectivity index (χ1n) is 12.4. The van der Waals surface area contributed by atoms with E-state index in [4.69, 9.17) is 53.8 Å². The van der Waals surface area contributed by atoms with E-state index in [0.717, 1.165) is 6.54 Å². The topological polar surface area (TPSA) is 186 Å². The molecule has 37 heavy (non-hydrogen) atoms. The van der Waals surface area contributed by atoms with Crippen LogP contribution in [0.2, 0.25) is 0 Å². The van der Waals surface area contributed by atoms with Gasteiger partial charge < -0.3 is 59.2 Å². The van der Waals surface area contributed by atoms with Crippen LogP contribution in [0.1, 0.15) is 12.8 Å². The zero-order valence-corrected chi connectivity index (χ0v) is 22.2. The van der Waals surface area contributed by atoms with Gasteiger partial charge in [-0.25, -0.2) is 0 Å². The van der Waals surface area contributed by atoms with Gasteiger partial charge in [0.25, 0.3) is 0 Å². The monoisotopic (exact) mass is 544 g/mol. The van der Waals surface area contributed by atoms with Crippen molar-refractivity contribution in [1.29, 1.82) is 0 Å². The third kappa shape index (κ3) is 41.9. The minimum Gasteiger partial charge on any atom is -0.481 e. The summed E-state index contributed by atoms with van der Waals surface area (Å²) >= 11 is 0. The van der Waals surface area contributed by atoms with Crippen LogP contribution in [0.4, 0.5) is 0 Å². The van der Waals surface area contributed by atoms with E-state index >= 15 is 0 Å². The lowest BCUT2D eigenvalue weighted by Crippen LogP contribution is -2.17. The second-order valence-corrected chi connectivity index (χ2v) is 7.08. The Labute approximate surface area is 219 Å². The fourth-order valence-electron chi connectivity index (χ4n) is 2.10. The molecule has 0 atom stereocenters. The van der Waals surface area contributed by atoms with Gasteiger partial charge in [0.05, 0.1) is 119 Å².